The molecule has 80 valence electrons. The van der Waals surface area contributed by atoms with E-state index >= 15 is 0 Å². The van der Waals surface area contributed by atoms with Gasteiger partial charge in [0.15, 0.2) is 0 Å². The first-order chi connectivity index (χ1) is 6.61. The van der Waals surface area contributed by atoms with Crippen LogP contribution in [0.1, 0.15) is 38.0 Å². The molecule has 0 saturated carbocycles. The molecule has 1 aromatic heterocycles. The van der Waals surface area contributed by atoms with Crippen molar-refractivity contribution < 1.29 is 0 Å². The largest absolute Gasteiger partial charge is 0.225 e. The molecule has 0 amide bonds. The van der Waals surface area contributed by atoms with Crippen LogP contribution in [0, 0.1) is 5.92 Å². The standard InChI is InChI=1S/C10H17BrN2S/c1-4-9-12-10(14-13-9)6-8(11)5-7(2)3/h7-8H,4-6H2,1-3H3. The molecule has 1 aromatic rings. The van der Waals surface area contributed by atoms with E-state index in [1.807, 2.05) is 0 Å². The SMILES string of the molecule is CCc1nsc(CC(Br)CC(C)C)n1. The number of hydrogen-bond donors (Lipinski definition) is 0. The summed E-state index contributed by atoms with van der Waals surface area (Å²) in [7, 11) is 0. The van der Waals surface area contributed by atoms with Crippen LogP contribution < -0.4 is 0 Å². The van der Waals surface area contributed by atoms with Gasteiger partial charge in [0.25, 0.3) is 0 Å². The van der Waals surface area contributed by atoms with Gasteiger partial charge in [0, 0.05) is 17.7 Å². The maximum Gasteiger partial charge on any atom is 0.142 e. The lowest BCUT2D eigenvalue weighted by atomic mass is 10.1. The highest BCUT2D eigenvalue weighted by Gasteiger charge is 2.11. The summed E-state index contributed by atoms with van der Waals surface area (Å²) >= 11 is 5.22. The average molecular weight is 277 g/mol. The van der Waals surface area contributed by atoms with E-state index in [2.05, 4.69) is 46.1 Å². The van der Waals surface area contributed by atoms with Crippen molar-refractivity contribution in [3.05, 3.63) is 10.8 Å². The van der Waals surface area contributed by atoms with E-state index in [0.717, 1.165) is 29.6 Å². The van der Waals surface area contributed by atoms with Crippen molar-refractivity contribution >= 4 is 27.5 Å². The topological polar surface area (TPSA) is 25.8 Å². The van der Waals surface area contributed by atoms with E-state index in [0.29, 0.717) is 4.83 Å². The molecule has 1 atom stereocenters. The van der Waals surface area contributed by atoms with Gasteiger partial charge >= 0.3 is 0 Å². The van der Waals surface area contributed by atoms with Gasteiger partial charge in [-0.05, 0) is 23.9 Å². The summed E-state index contributed by atoms with van der Waals surface area (Å²) in [5.41, 5.74) is 0. The molecule has 1 heterocycles. The number of rotatable bonds is 5. The van der Waals surface area contributed by atoms with E-state index < -0.39 is 0 Å². The van der Waals surface area contributed by atoms with Gasteiger partial charge in [-0.1, -0.05) is 36.7 Å². The third-order valence-corrected chi connectivity index (χ3v) is 3.42. The Balaban J connectivity index is 2.43. The van der Waals surface area contributed by atoms with Crippen molar-refractivity contribution in [2.45, 2.75) is 44.9 Å². The van der Waals surface area contributed by atoms with Gasteiger partial charge in [-0.3, -0.25) is 0 Å². The maximum atomic E-state index is 4.45. The number of aromatic nitrogens is 2. The van der Waals surface area contributed by atoms with Gasteiger partial charge in [-0.15, -0.1) is 0 Å². The minimum absolute atomic E-state index is 0.542. The zero-order valence-electron chi connectivity index (χ0n) is 8.96. The Morgan fingerprint density at radius 2 is 2.14 bits per heavy atom. The summed E-state index contributed by atoms with van der Waals surface area (Å²) in [6, 6.07) is 0. The van der Waals surface area contributed by atoms with E-state index in [1.54, 1.807) is 0 Å². The lowest BCUT2D eigenvalue weighted by Gasteiger charge is -2.09. The van der Waals surface area contributed by atoms with Gasteiger partial charge in [0.05, 0.1) is 0 Å². The van der Waals surface area contributed by atoms with Gasteiger partial charge < -0.3 is 0 Å². The third kappa shape index (κ3) is 4.05. The molecule has 0 aliphatic heterocycles. The zero-order valence-corrected chi connectivity index (χ0v) is 11.4. The van der Waals surface area contributed by atoms with Crippen LogP contribution in [0.25, 0.3) is 0 Å². The minimum atomic E-state index is 0.542. The van der Waals surface area contributed by atoms with Crippen LogP contribution in [0.4, 0.5) is 0 Å². The Bertz CT molecular complexity index is 273. The number of nitrogens with zero attached hydrogens (tertiary/aromatic N) is 2. The van der Waals surface area contributed by atoms with Crippen LogP contribution in [0.15, 0.2) is 0 Å². The van der Waals surface area contributed by atoms with Crippen molar-refractivity contribution in [2.24, 2.45) is 5.92 Å². The normalized spacial score (nSPS) is 13.5. The van der Waals surface area contributed by atoms with Crippen LogP contribution in [0.2, 0.25) is 0 Å². The van der Waals surface area contributed by atoms with Crippen LogP contribution in [0.3, 0.4) is 0 Å². The number of aryl methyl sites for hydroxylation is 1. The average Bonchev–Trinajstić information content (AvgIpc) is 2.50. The number of alkyl halides is 1. The molecule has 0 fully saturated rings. The molecule has 14 heavy (non-hydrogen) atoms. The molecule has 0 spiro atoms. The summed E-state index contributed by atoms with van der Waals surface area (Å²) in [4.78, 5) is 5.00. The Labute approximate surface area is 98.4 Å². The molecule has 0 aliphatic carbocycles. The van der Waals surface area contributed by atoms with Crippen molar-refractivity contribution in [2.75, 3.05) is 0 Å². The van der Waals surface area contributed by atoms with Gasteiger partial charge in [0.1, 0.15) is 10.8 Å². The summed E-state index contributed by atoms with van der Waals surface area (Å²) < 4.78 is 4.28. The minimum Gasteiger partial charge on any atom is -0.225 e. The fourth-order valence-electron chi connectivity index (χ4n) is 1.30. The molecule has 0 saturated heterocycles. The zero-order chi connectivity index (χ0) is 10.6. The second-order valence-corrected chi connectivity index (χ2v) is 6.02. The predicted octanol–water partition coefficient (Wildman–Crippen LogP) is 3.45. The van der Waals surface area contributed by atoms with Gasteiger partial charge in [-0.2, -0.15) is 4.37 Å². The summed E-state index contributed by atoms with van der Waals surface area (Å²) in [6.07, 6.45) is 3.14. The Morgan fingerprint density at radius 3 is 2.64 bits per heavy atom. The van der Waals surface area contributed by atoms with Crippen molar-refractivity contribution in [3.63, 3.8) is 0 Å². The van der Waals surface area contributed by atoms with Crippen molar-refractivity contribution in [1.29, 1.82) is 0 Å². The fourth-order valence-corrected chi connectivity index (χ4v) is 3.37. The Kier molecular flexibility index (Phi) is 5.02. The molecule has 4 heteroatoms. The number of halogens is 1. The van der Waals surface area contributed by atoms with Crippen LogP contribution >= 0.6 is 27.5 Å². The van der Waals surface area contributed by atoms with Crippen LogP contribution in [-0.4, -0.2) is 14.2 Å². The molecule has 0 aliphatic rings. The van der Waals surface area contributed by atoms with E-state index in [-0.39, 0.29) is 0 Å². The summed E-state index contributed by atoms with van der Waals surface area (Å²) in [5.74, 6) is 1.71. The second kappa shape index (κ2) is 5.81. The van der Waals surface area contributed by atoms with E-state index in [4.69, 9.17) is 0 Å². The molecule has 1 rings (SSSR count). The fraction of sp³-hybridized carbons (Fsp3) is 0.800. The van der Waals surface area contributed by atoms with Crippen LogP contribution in [-0.2, 0) is 12.8 Å². The molecule has 0 N–H and O–H groups in total. The molecule has 1 unspecified atom stereocenters. The molecule has 0 radical (unpaired) electrons. The number of hydrogen-bond acceptors (Lipinski definition) is 3. The molecule has 0 bridgehead atoms. The monoisotopic (exact) mass is 276 g/mol. The third-order valence-electron chi connectivity index (χ3n) is 1.95. The van der Waals surface area contributed by atoms with E-state index in [9.17, 15) is 0 Å². The molecular weight excluding hydrogens is 260 g/mol. The first-order valence-electron chi connectivity index (χ1n) is 5.07. The maximum absolute atomic E-state index is 4.45. The van der Waals surface area contributed by atoms with E-state index in [1.165, 1.54) is 18.0 Å². The van der Waals surface area contributed by atoms with Gasteiger partial charge in [0.2, 0.25) is 0 Å². The van der Waals surface area contributed by atoms with Crippen molar-refractivity contribution in [1.82, 2.24) is 9.36 Å². The van der Waals surface area contributed by atoms with Crippen molar-refractivity contribution in [3.8, 4) is 0 Å². The summed E-state index contributed by atoms with van der Waals surface area (Å²) in [6.45, 7) is 6.57. The molecule has 0 aromatic carbocycles. The highest BCUT2D eigenvalue weighted by Crippen LogP contribution is 2.18. The quantitative estimate of drug-likeness (QED) is 0.770. The lowest BCUT2D eigenvalue weighted by molar-refractivity contribution is 0.570. The molecule has 2 nitrogen and oxygen atoms in total. The highest BCUT2D eigenvalue weighted by atomic mass is 79.9. The van der Waals surface area contributed by atoms with Crippen LogP contribution in [0.5, 0.6) is 0 Å². The first kappa shape index (κ1) is 12.1. The predicted molar refractivity (Wildman–Crippen MR) is 65.2 cm³/mol. The van der Waals surface area contributed by atoms with Gasteiger partial charge in [-0.25, -0.2) is 4.98 Å². The first-order valence-corrected chi connectivity index (χ1v) is 6.76. The molecular formula is C10H17BrN2S. The smallest absolute Gasteiger partial charge is 0.142 e. The Hall–Kier alpha value is 0.0400. The lowest BCUT2D eigenvalue weighted by Crippen LogP contribution is -2.06. The highest BCUT2D eigenvalue weighted by molar-refractivity contribution is 9.09. The Morgan fingerprint density at radius 1 is 1.43 bits per heavy atom. The summed E-state index contributed by atoms with van der Waals surface area (Å²) in [5, 5.41) is 1.16. The second-order valence-electron chi connectivity index (χ2n) is 3.89.